The highest BCUT2D eigenvalue weighted by Gasteiger charge is 2.15. The van der Waals surface area contributed by atoms with E-state index < -0.39 is 10.0 Å². The van der Waals surface area contributed by atoms with Crippen LogP contribution in [0.2, 0.25) is 0 Å². The number of rotatable bonds is 5. The van der Waals surface area contributed by atoms with Gasteiger partial charge in [-0.2, -0.15) is 12.8 Å². The largest absolute Gasteiger partial charge is 0.494 e. The van der Waals surface area contributed by atoms with Gasteiger partial charge in [-0.1, -0.05) is 30.4 Å². The van der Waals surface area contributed by atoms with E-state index in [-0.39, 0.29) is 4.90 Å². The van der Waals surface area contributed by atoms with E-state index in [9.17, 15) is 13.6 Å². The van der Waals surface area contributed by atoms with Crippen LogP contribution in [0.1, 0.15) is 6.92 Å². The molecule has 1 aromatic carbocycles. The first-order valence-corrected chi connectivity index (χ1v) is 10.1. The minimum absolute atomic E-state index is 0.102. The van der Waals surface area contributed by atoms with Gasteiger partial charge in [0, 0.05) is 18.0 Å². The Morgan fingerprint density at radius 1 is 1.04 bits per heavy atom. The van der Waals surface area contributed by atoms with Crippen molar-refractivity contribution in [1.29, 1.82) is 0 Å². The Morgan fingerprint density at radius 2 is 1.71 bits per heavy atom. The molecule has 2 aliphatic rings. The van der Waals surface area contributed by atoms with Crippen LogP contribution in [-0.2, 0) is 10.0 Å². The summed E-state index contributed by atoms with van der Waals surface area (Å²) in [5.41, 5.74) is 1.87. The molecule has 0 saturated carbocycles. The van der Waals surface area contributed by atoms with Gasteiger partial charge in [-0.3, -0.25) is 5.21 Å². The minimum Gasteiger partial charge on any atom is -0.494 e. The summed E-state index contributed by atoms with van der Waals surface area (Å²) in [5, 5.41) is 10.2. The van der Waals surface area contributed by atoms with Crippen molar-refractivity contribution in [2.75, 3.05) is 6.61 Å². The Kier molecular flexibility index (Phi) is 6.08. The van der Waals surface area contributed by atoms with Gasteiger partial charge >= 0.3 is 0 Å². The summed E-state index contributed by atoms with van der Waals surface area (Å²) in [6.45, 7) is 2.37. The molecular formula is C21H20N2O4S. The highest BCUT2D eigenvalue weighted by atomic mass is 32.2. The van der Waals surface area contributed by atoms with Crippen LogP contribution in [0.25, 0.3) is 0 Å². The minimum atomic E-state index is -3.86. The maximum absolute atomic E-state index is 12.7. The van der Waals surface area contributed by atoms with Crippen LogP contribution in [0.4, 0.5) is 0 Å². The van der Waals surface area contributed by atoms with Crippen molar-refractivity contribution in [3.05, 3.63) is 96.4 Å². The second kappa shape index (κ2) is 8.69. The summed E-state index contributed by atoms with van der Waals surface area (Å²) < 4.78 is 34.7. The van der Waals surface area contributed by atoms with Crippen molar-refractivity contribution in [2.45, 2.75) is 11.8 Å². The number of benzene rings is 1. The lowest BCUT2D eigenvalue weighted by molar-refractivity contribution is 0.0105. The number of hydrogen-bond donors (Lipinski definition) is 1. The van der Waals surface area contributed by atoms with Crippen LogP contribution in [0.5, 0.6) is 5.75 Å². The van der Waals surface area contributed by atoms with Crippen molar-refractivity contribution in [3.63, 3.8) is 0 Å². The number of ether oxygens (including phenoxy) is 1. The maximum Gasteiger partial charge on any atom is 0.282 e. The SMILES string of the molecule is CCOc1ccc(S(=O)(=O)N=C2C=CC=CC2=CC=C2C=CN(O)C=C2)cc1. The average Bonchev–Trinajstić information content (AvgIpc) is 2.69. The van der Waals surface area contributed by atoms with Crippen LogP contribution in [0, 0.1) is 0 Å². The van der Waals surface area contributed by atoms with E-state index in [2.05, 4.69) is 4.40 Å². The fourth-order valence-corrected chi connectivity index (χ4v) is 3.51. The highest BCUT2D eigenvalue weighted by Crippen LogP contribution is 2.20. The van der Waals surface area contributed by atoms with E-state index in [0.717, 1.165) is 10.6 Å². The third-order valence-electron chi connectivity index (χ3n) is 3.88. The zero-order valence-corrected chi connectivity index (χ0v) is 16.1. The second-order valence-corrected chi connectivity index (χ2v) is 7.48. The van der Waals surface area contributed by atoms with E-state index in [1.807, 2.05) is 19.1 Å². The number of nitrogens with zero attached hydrogens (tertiary/aromatic N) is 2. The molecule has 0 spiro atoms. The summed E-state index contributed by atoms with van der Waals surface area (Å²) in [6, 6.07) is 6.19. The summed E-state index contributed by atoms with van der Waals surface area (Å²) in [5.74, 6) is 0.608. The van der Waals surface area contributed by atoms with Crippen molar-refractivity contribution in [3.8, 4) is 5.75 Å². The van der Waals surface area contributed by atoms with E-state index in [0.29, 0.717) is 23.6 Å². The third kappa shape index (κ3) is 4.97. The Labute approximate surface area is 164 Å². The van der Waals surface area contributed by atoms with E-state index >= 15 is 0 Å². The van der Waals surface area contributed by atoms with Gasteiger partial charge in [0.25, 0.3) is 10.0 Å². The summed E-state index contributed by atoms with van der Waals surface area (Å²) >= 11 is 0. The Bertz CT molecular complexity index is 1020. The van der Waals surface area contributed by atoms with Crippen LogP contribution >= 0.6 is 0 Å². The zero-order chi connectivity index (χ0) is 20.0. The predicted molar refractivity (Wildman–Crippen MR) is 109 cm³/mol. The monoisotopic (exact) mass is 396 g/mol. The summed E-state index contributed by atoms with van der Waals surface area (Å²) in [7, 11) is -3.86. The van der Waals surface area contributed by atoms with E-state index in [1.165, 1.54) is 24.5 Å². The van der Waals surface area contributed by atoms with Gasteiger partial charge in [0.2, 0.25) is 0 Å². The smallest absolute Gasteiger partial charge is 0.282 e. The first kappa shape index (κ1) is 19.6. The van der Waals surface area contributed by atoms with Crippen LogP contribution in [0.15, 0.2) is 106 Å². The molecule has 1 aromatic rings. The van der Waals surface area contributed by atoms with Crippen molar-refractivity contribution in [1.82, 2.24) is 5.06 Å². The molecular weight excluding hydrogens is 376 g/mol. The van der Waals surface area contributed by atoms with Crippen LogP contribution in [-0.4, -0.2) is 31.0 Å². The fraction of sp³-hybridized carbons (Fsp3) is 0.0952. The van der Waals surface area contributed by atoms with E-state index in [4.69, 9.17) is 4.74 Å². The van der Waals surface area contributed by atoms with Crippen LogP contribution < -0.4 is 4.74 Å². The summed E-state index contributed by atoms with van der Waals surface area (Å²) in [4.78, 5) is 0.102. The fourth-order valence-electron chi connectivity index (χ4n) is 2.50. The molecule has 0 unspecified atom stereocenters. The van der Waals surface area contributed by atoms with Gasteiger partial charge in [-0.25, -0.2) is 5.06 Å². The predicted octanol–water partition coefficient (Wildman–Crippen LogP) is 3.93. The van der Waals surface area contributed by atoms with Gasteiger partial charge in [0.1, 0.15) is 5.75 Å². The second-order valence-electron chi connectivity index (χ2n) is 5.87. The number of hydroxylamine groups is 2. The zero-order valence-electron chi connectivity index (χ0n) is 15.3. The molecule has 1 N–H and O–H groups in total. The molecule has 0 atom stereocenters. The highest BCUT2D eigenvalue weighted by molar-refractivity contribution is 7.90. The Morgan fingerprint density at radius 3 is 2.39 bits per heavy atom. The molecule has 6 nitrogen and oxygen atoms in total. The molecule has 0 saturated heterocycles. The summed E-state index contributed by atoms with van der Waals surface area (Å²) in [6.07, 6.45) is 17.1. The average molecular weight is 396 g/mol. The normalized spacial score (nSPS) is 18.9. The number of allylic oxidation sites excluding steroid dienone is 10. The molecule has 1 aliphatic heterocycles. The van der Waals surface area contributed by atoms with Crippen molar-refractivity contribution < 1.29 is 18.4 Å². The van der Waals surface area contributed by atoms with Gasteiger partial charge in [0.05, 0.1) is 17.2 Å². The molecule has 1 heterocycles. The lowest BCUT2D eigenvalue weighted by atomic mass is 10.0. The Balaban J connectivity index is 1.88. The van der Waals surface area contributed by atoms with Crippen molar-refractivity contribution >= 4 is 15.7 Å². The quantitative estimate of drug-likeness (QED) is 0.816. The van der Waals surface area contributed by atoms with Crippen LogP contribution in [0.3, 0.4) is 0 Å². The van der Waals surface area contributed by atoms with Gasteiger partial charge in [-0.15, -0.1) is 0 Å². The molecule has 1 aliphatic carbocycles. The topological polar surface area (TPSA) is 79.2 Å². The van der Waals surface area contributed by atoms with E-state index in [1.54, 1.807) is 48.6 Å². The van der Waals surface area contributed by atoms with Crippen molar-refractivity contribution in [2.24, 2.45) is 4.40 Å². The van der Waals surface area contributed by atoms with Gasteiger partial charge in [-0.05, 0) is 55.0 Å². The lowest BCUT2D eigenvalue weighted by Crippen LogP contribution is -2.06. The maximum atomic E-state index is 12.7. The number of hydrogen-bond acceptors (Lipinski definition) is 5. The molecule has 0 bridgehead atoms. The lowest BCUT2D eigenvalue weighted by Gasteiger charge is -2.10. The number of sulfonamides is 1. The Hall–Kier alpha value is -3.16. The molecule has 0 amide bonds. The molecule has 144 valence electrons. The first-order valence-electron chi connectivity index (χ1n) is 8.66. The molecule has 0 fully saturated rings. The first-order chi connectivity index (χ1) is 13.5. The van der Waals surface area contributed by atoms with Gasteiger partial charge < -0.3 is 4.74 Å². The standard InChI is InChI=1S/C21H20N2O4S/c1-2-27-19-9-11-20(12-10-19)28(25,26)22-21-6-4-3-5-18(21)8-7-17-13-15-23(24)16-14-17/h3-16,24H,2H2,1H3. The molecule has 7 heteroatoms. The third-order valence-corrected chi connectivity index (χ3v) is 5.19. The molecule has 0 radical (unpaired) electrons. The molecule has 0 aromatic heterocycles. The molecule has 28 heavy (non-hydrogen) atoms. The van der Waals surface area contributed by atoms with Gasteiger partial charge in [0.15, 0.2) is 0 Å². The molecule has 3 rings (SSSR count).